The Morgan fingerprint density at radius 3 is 2.55 bits per heavy atom. The molecule has 3 heterocycles. The molecule has 2 aliphatic rings. The fourth-order valence-electron chi connectivity index (χ4n) is 4.30. The molecule has 0 unspecified atom stereocenters. The molecule has 1 saturated heterocycles. The average molecular weight is 414 g/mol. The third kappa shape index (κ3) is 3.61. The fraction of sp³-hybridized carbons (Fsp3) is 0.261. The van der Waals surface area contributed by atoms with Crippen LogP contribution in [0, 0.1) is 0 Å². The van der Waals surface area contributed by atoms with Gasteiger partial charge in [0.1, 0.15) is 0 Å². The summed E-state index contributed by atoms with van der Waals surface area (Å²) in [6.45, 7) is 1.78. The molecule has 1 fully saturated rings. The molecular weight excluding hydrogens is 392 g/mol. The lowest BCUT2D eigenvalue weighted by Crippen LogP contribution is -2.41. The van der Waals surface area contributed by atoms with Crippen LogP contribution in [0.5, 0.6) is 5.88 Å². The molecule has 0 saturated carbocycles. The van der Waals surface area contributed by atoms with Gasteiger partial charge in [0.05, 0.1) is 7.11 Å². The van der Waals surface area contributed by atoms with Crippen molar-refractivity contribution in [3.05, 3.63) is 71.4 Å². The van der Waals surface area contributed by atoms with Gasteiger partial charge in [-0.1, -0.05) is 36.4 Å². The maximum absolute atomic E-state index is 12.4. The number of aromatic nitrogens is 4. The Kier molecular flexibility index (Phi) is 4.82. The van der Waals surface area contributed by atoms with Crippen LogP contribution in [0.2, 0.25) is 0 Å². The molecule has 1 aromatic carbocycles. The number of benzene rings is 1. The summed E-state index contributed by atoms with van der Waals surface area (Å²) in [6.07, 6.45) is 6.66. The van der Waals surface area contributed by atoms with Gasteiger partial charge >= 0.3 is 0 Å². The van der Waals surface area contributed by atoms with Gasteiger partial charge in [0.2, 0.25) is 5.88 Å². The van der Waals surface area contributed by atoms with Gasteiger partial charge in [-0.25, -0.2) is 0 Å². The molecule has 0 radical (unpaired) electrons. The molecule has 1 N–H and O–H groups in total. The van der Waals surface area contributed by atoms with Crippen molar-refractivity contribution in [3.63, 3.8) is 0 Å². The molecule has 5 rings (SSSR count). The number of methoxy groups -OCH3 is 1. The van der Waals surface area contributed by atoms with E-state index in [0.29, 0.717) is 11.7 Å². The van der Waals surface area contributed by atoms with E-state index in [1.807, 2.05) is 6.07 Å². The molecule has 8 heteroatoms. The van der Waals surface area contributed by atoms with Crippen molar-refractivity contribution < 1.29 is 9.53 Å². The summed E-state index contributed by atoms with van der Waals surface area (Å²) in [6, 6.07) is 15.4. The van der Waals surface area contributed by atoms with Crippen LogP contribution in [-0.4, -0.2) is 46.5 Å². The van der Waals surface area contributed by atoms with Gasteiger partial charge in [-0.2, -0.15) is 0 Å². The zero-order valence-corrected chi connectivity index (χ0v) is 17.2. The molecule has 0 atom stereocenters. The summed E-state index contributed by atoms with van der Waals surface area (Å²) in [4.78, 5) is 14.6. The van der Waals surface area contributed by atoms with Gasteiger partial charge in [-0.05, 0) is 42.2 Å². The predicted octanol–water partition coefficient (Wildman–Crippen LogP) is 3.09. The minimum atomic E-state index is -0.385. The molecule has 156 valence electrons. The predicted molar refractivity (Wildman–Crippen MR) is 117 cm³/mol. The Bertz CT molecular complexity index is 1120. The number of hydrogen-bond donors (Lipinski definition) is 1. The van der Waals surface area contributed by atoms with E-state index in [4.69, 9.17) is 4.74 Å². The lowest BCUT2D eigenvalue weighted by Gasteiger charge is -2.39. The number of nitrogens with zero attached hydrogens (tertiary/aromatic N) is 5. The van der Waals surface area contributed by atoms with E-state index in [1.165, 1.54) is 18.2 Å². The van der Waals surface area contributed by atoms with Crippen LogP contribution in [-0.2, 0) is 5.41 Å². The van der Waals surface area contributed by atoms with E-state index in [-0.39, 0.29) is 17.0 Å². The zero-order valence-electron chi connectivity index (χ0n) is 17.2. The Balaban J connectivity index is 1.23. The van der Waals surface area contributed by atoms with Crippen LogP contribution in [0.3, 0.4) is 0 Å². The van der Waals surface area contributed by atoms with Crippen molar-refractivity contribution in [1.82, 2.24) is 20.4 Å². The molecule has 31 heavy (non-hydrogen) atoms. The van der Waals surface area contributed by atoms with Crippen molar-refractivity contribution in [1.29, 1.82) is 0 Å². The van der Waals surface area contributed by atoms with E-state index < -0.39 is 0 Å². The van der Waals surface area contributed by atoms with Crippen molar-refractivity contribution in [2.24, 2.45) is 0 Å². The topological polar surface area (TPSA) is 93.1 Å². The van der Waals surface area contributed by atoms with Gasteiger partial charge < -0.3 is 15.0 Å². The maximum Gasteiger partial charge on any atom is 0.277 e. The third-order valence-electron chi connectivity index (χ3n) is 6.03. The molecule has 2 aromatic heterocycles. The normalized spacial score (nSPS) is 16.2. The summed E-state index contributed by atoms with van der Waals surface area (Å²) in [5, 5.41) is 18.8. The van der Waals surface area contributed by atoms with Crippen LogP contribution in [0.1, 0.15) is 34.5 Å². The Labute approximate surface area is 180 Å². The number of hydrogen-bond acceptors (Lipinski definition) is 7. The number of amides is 1. The lowest BCUT2D eigenvalue weighted by molar-refractivity contribution is 0.102. The van der Waals surface area contributed by atoms with E-state index >= 15 is 0 Å². The number of carbonyl (C=O) groups is 1. The first kappa shape index (κ1) is 19.2. The number of carbonyl (C=O) groups excluding carboxylic acids is 1. The Morgan fingerprint density at radius 1 is 1.00 bits per heavy atom. The molecular formula is C23H22N6O2. The van der Waals surface area contributed by atoms with E-state index in [0.717, 1.165) is 31.7 Å². The second-order valence-electron chi connectivity index (χ2n) is 7.76. The summed E-state index contributed by atoms with van der Waals surface area (Å²) in [5.74, 6) is 1.10. The second kappa shape index (κ2) is 7.79. The second-order valence-corrected chi connectivity index (χ2v) is 7.76. The average Bonchev–Trinajstić information content (AvgIpc) is 3.18. The standard InChI is InChI=1S/C23H22N6O2/c1-31-21-9-7-19(26-28-21)24-22(30)18-6-8-20(27-25-18)29-14-12-23(13-15-29)11-10-16-4-2-3-5-17(16)23/h2-11H,12-15H2,1H3,(H,24,26,30). The molecule has 3 aromatic rings. The van der Waals surface area contributed by atoms with Gasteiger partial charge in [0.25, 0.3) is 5.91 Å². The number of nitrogens with one attached hydrogen (secondary N) is 1. The van der Waals surface area contributed by atoms with Crippen LogP contribution in [0.15, 0.2) is 54.6 Å². The van der Waals surface area contributed by atoms with Gasteiger partial charge in [-0.3, -0.25) is 4.79 Å². The highest BCUT2D eigenvalue weighted by molar-refractivity contribution is 6.02. The minimum Gasteiger partial charge on any atom is -0.480 e. The van der Waals surface area contributed by atoms with Crippen molar-refractivity contribution in [3.8, 4) is 5.88 Å². The Morgan fingerprint density at radius 2 is 1.84 bits per heavy atom. The number of anilines is 2. The van der Waals surface area contributed by atoms with Crippen LogP contribution >= 0.6 is 0 Å². The van der Waals surface area contributed by atoms with Crippen molar-refractivity contribution in [2.75, 3.05) is 30.4 Å². The number of piperidine rings is 1. The lowest BCUT2D eigenvalue weighted by atomic mass is 9.74. The summed E-state index contributed by atoms with van der Waals surface area (Å²) >= 11 is 0. The van der Waals surface area contributed by atoms with Gasteiger partial charge in [-0.15, -0.1) is 20.4 Å². The van der Waals surface area contributed by atoms with Crippen LogP contribution < -0.4 is 15.0 Å². The summed E-state index contributed by atoms with van der Waals surface area (Å²) in [7, 11) is 1.50. The smallest absolute Gasteiger partial charge is 0.277 e. The summed E-state index contributed by atoms with van der Waals surface area (Å²) in [5.41, 5.74) is 3.10. The van der Waals surface area contributed by atoms with E-state index in [2.05, 4.69) is 67.0 Å². The minimum absolute atomic E-state index is 0.125. The van der Waals surface area contributed by atoms with Crippen molar-refractivity contribution in [2.45, 2.75) is 18.3 Å². The fourth-order valence-corrected chi connectivity index (χ4v) is 4.30. The monoisotopic (exact) mass is 414 g/mol. The summed E-state index contributed by atoms with van der Waals surface area (Å²) < 4.78 is 4.96. The van der Waals surface area contributed by atoms with Gasteiger partial charge in [0.15, 0.2) is 17.3 Å². The van der Waals surface area contributed by atoms with Crippen molar-refractivity contribution >= 4 is 23.6 Å². The highest BCUT2D eigenvalue weighted by Crippen LogP contribution is 2.44. The number of allylic oxidation sites excluding steroid dienone is 1. The number of fused-ring (bicyclic) bond motifs is 2. The van der Waals surface area contributed by atoms with E-state index in [1.54, 1.807) is 18.2 Å². The highest BCUT2D eigenvalue weighted by Gasteiger charge is 2.38. The highest BCUT2D eigenvalue weighted by atomic mass is 16.5. The first-order valence-electron chi connectivity index (χ1n) is 10.2. The molecule has 1 amide bonds. The largest absolute Gasteiger partial charge is 0.480 e. The first-order valence-corrected chi connectivity index (χ1v) is 10.2. The van der Waals surface area contributed by atoms with Crippen LogP contribution in [0.4, 0.5) is 11.6 Å². The number of ether oxygens (including phenoxy) is 1. The van der Waals surface area contributed by atoms with Gasteiger partial charge in [0, 0.05) is 24.6 Å². The van der Waals surface area contributed by atoms with Crippen LogP contribution in [0.25, 0.3) is 6.08 Å². The zero-order chi connectivity index (χ0) is 21.3. The first-order chi connectivity index (χ1) is 15.2. The number of rotatable bonds is 4. The molecule has 1 spiro atoms. The quantitative estimate of drug-likeness (QED) is 0.701. The Hall–Kier alpha value is -3.81. The SMILES string of the molecule is COc1ccc(NC(=O)c2ccc(N3CCC4(C=Cc5ccccc54)CC3)nn2)nn1. The molecule has 1 aliphatic heterocycles. The van der Waals surface area contributed by atoms with E-state index in [9.17, 15) is 4.79 Å². The molecule has 8 nitrogen and oxygen atoms in total. The maximum atomic E-state index is 12.4. The third-order valence-corrected chi connectivity index (χ3v) is 6.03. The molecule has 1 aliphatic carbocycles. The molecule has 0 bridgehead atoms.